The molecule has 7 aromatic rings. The van der Waals surface area contributed by atoms with E-state index in [9.17, 15) is 0 Å². The Kier molecular flexibility index (Phi) is 3.36. The lowest BCUT2D eigenvalue weighted by atomic mass is 10.1. The summed E-state index contributed by atoms with van der Waals surface area (Å²) in [6.07, 6.45) is 0. The van der Waals surface area contributed by atoms with Crippen LogP contribution in [0.1, 0.15) is 0 Å². The van der Waals surface area contributed by atoms with Crippen LogP contribution in [0.25, 0.3) is 60.2 Å². The fourth-order valence-electron chi connectivity index (χ4n) is 4.89. The predicted molar refractivity (Wildman–Crippen MR) is 131 cm³/mol. The van der Waals surface area contributed by atoms with Crippen molar-refractivity contribution in [1.82, 2.24) is 4.57 Å². The van der Waals surface area contributed by atoms with Crippen LogP contribution in [0.4, 0.5) is 0 Å². The van der Waals surface area contributed by atoms with Gasteiger partial charge in [0, 0.05) is 27.2 Å². The highest BCUT2D eigenvalue weighted by Crippen LogP contribution is 2.40. The summed E-state index contributed by atoms with van der Waals surface area (Å²) in [5, 5.41) is 7.75. The summed E-state index contributed by atoms with van der Waals surface area (Å²) in [6, 6.07) is 33.8. The Morgan fingerprint density at radius 2 is 1.29 bits per heavy atom. The monoisotopic (exact) mass is 417 g/mol. The number of hydrogen-bond donors (Lipinski definition) is 0. The van der Waals surface area contributed by atoms with E-state index in [1.165, 1.54) is 21.5 Å². The minimum atomic E-state index is 0.660. The number of nitrogens with zero attached hydrogens (tertiary/aromatic N) is 1. The first kappa shape index (κ1) is 17.0. The van der Waals surface area contributed by atoms with E-state index in [2.05, 4.69) is 77.4 Å². The Balaban J connectivity index is 1.74. The third-order valence-electron chi connectivity index (χ3n) is 6.20. The SMILES string of the molecule is Clc1cc(-n2c3ccccc3c3cc4ccccc4cc32)c2c(c1)oc1ccccc12. The maximum absolute atomic E-state index is 6.59. The third-order valence-corrected chi connectivity index (χ3v) is 6.42. The van der Waals surface area contributed by atoms with Crippen LogP contribution in [0.2, 0.25) is 5.02 Å². The third kappa shape index (κ3) is 2.34. The Morgan fingerprint density at radius 1 is 0.581 bits per heavy atom. The lowest BCUT2D eigenvalue weighted by Gasteiger charge is -2.11. The van der Waals surface area contributed by atoms with E-state index in [0.717, 1.165) is 38.7 Å². The Labute approximate surface area is 182 Å². The van der Waals surface area contributed by atoms with Crippen LogP contribution >= 0.6 is 11.6 Å². The second-order valence-corrected chi connectivity index (χ2v) is 8.40. The second-order valence-electron chi connectivity index (χ2n) is 7.97. The molecular formula is C28H16ClNO. The summed E-state index contributed by atoms with van der Waals surface area (Å²) in [5.74, 6) is 0. The normalized spacial score (nSPS) is 12.0. The van der Waals surface area contributed by atoms with Gasteiger partial charge in [-0.05, 0) is 41.1 Å². The van der Waals surface area contributed by atoms with Crippen molar-refractivity contribution in [2.45, 2.75) is 0 Å². The van der Waals surface area contributed by atoms with Gasteiger partial charge in [0.25, 0.3) is 0 Å². The van der Waals surface area contributed by atoms with Crippen LogP contribution in [0.5, 0.6) is 0 Å². The molecule has 2 aromatic heterocycles. The van der Waals surface area contributed by atoms with Crippen molar-refractivity contribution in [3.63, 3.8) is 0 Å². The fourth-order valence-corrected chi connectivity index (χ4v) is 5.09. The Hall–Kier alpha value is -3.75. The number of hydrogen-bond acceptors (Lipinski definition) is 1. The first-order chi connectivity index (χ1) is 15.3. The highest BCUT2D eigenvalue weighted by Gasteiger charge is 2.18. The van der Waals surface area contributed by atoms with Gasteiger partial charge in [-0.25, -0.2) is 0 Å². The largest absolute Gasteiger partial charge is 0.456 e. The van der Waals surface area contributed by atoms with Gasteiger partial charge in [0.1, 0.15) is 11.2 Å². The van der Waals surface area contributed by atoms with Crippen LogP contribution in [-0.4, -0.2) is 4.57 Å². The maximum Gasteiger partial charge on any atom is 0.139 e. The summed E-state index contributed by atoms with van der Waals surface area (Å²) in [7, 11) is 0. The van der Waals surface area contributed by atoms with Gasteiger partial charge in [-0.2, -0.15) is 0 Å². The minimum absolute atomic E-state index is 0.660. The molecule has 31 heavy (non-hydrogen) atoms. The van der Waals surface area contributed by atoms with Crippen molar-refractivity contribution in [2.24, 2.45) is 0 Å². The molecule has 7 rings (SSSR count). The molecule has 2 nitrogen and oxygen atoms in total. The molecule has 0 atom stereocenters. The van der Waals surface area contributed by atoms with E-state index in [4.69, 9.17) is 16.0 Å². The molecule has 0 aliphatic heterocycles. The van der Waals surface area contributed by atoms with Gasteiger partial charge in [-0.1, -0.05) is 72.3 Å². The summed E-state index contributed by atoms with van der Waals surface area (Å²) < 4.78 is 8.50. The average molecular weight is 418 g/mol. The lowest BCUT2D eigenvalue weighted by molar-refractivity contribution is 0.669. The number of furan rings is 1. The van der Waals surface area contributed by atoms with Crippen LogP contribution in [0.15, 0.2) is 101 Å². The summed E-state index contributed by atoms with van der Waals surface area (Å²) in [6.45, 7) is 0. The molecule has 5 aromatic carbocycles. The molecular weight excluding hydrogens is 402 g/mol. The van der Waals surface area contributed by atoms with Crippen LogP contribution in [0, 0.1) is 0 Å². The average Bonchev–Trinajstić information content (AvgIpc) is 3.32. The molecule has 0 saturated carbocycles. The molecule has 0 fully saturated rings. The van der Waals surface area contributed by atoms with E-state index in [-0.39, 0.29) is 0 Å². The van der Waals surface area contributed by atoms with E-state index in [1.807, 2.05) is 24.3 Å². The number of rotatable bonds is 1. The maximum atomic E-state index is 6.59. The van der Waals surface area contributed by atoms with Gasteiger partial charge in [0.15, 0.2) is 0 Å². The minimum Gasteiger partial charge on any atom is -0.456 e. The number of fused-ring (bicyclic) bond motifs is 7. The van der Waals surface area contributed by atoms with Crippen molar-refractivity contribution in [1.29, 1.82) is 0 Å². The zero-order chi connectivity index (χ0) is 20.5. The first-order valence-electron chi connectivity index (χ1n) is 10.3. The molecule has 0 N–H and O–H groups in total. The molecule has 0 bridgehead atoms. The molecule has 2 heterocycles. The summed E-state index contributed by atoms with van der Waals surface area (Å²) >= 11 is 6.59. The van der Waals surface area contributed by atoms with E-state index in [1.54, 1.807) is 0 Å². The first-order valence-corrected chi connectivity index (χ1v) is 10.7. The van der Waals surface area contributed by atoms with E-state index < -0.39 is 0 Å². The summed E-state index contributed by atoms with van der Waals surface area (Å²) in [5.41, 5.74) is 5.02. The number of para-hydroxylation sites is 2. The van der Waals surface area contributed by atoms with Gasteiger partial charge >= 0.3 is 0 Å². The Morgan fingerprint density at radius 3 is 2.16 bits per heavy atom. The molecule has 0 saturated heterocycles. The zero-order valence-corrected chi connectivity index (χ0v) is 17.2. The molecule has 0 unspecified atom stereocenters. The fraction of sp³-hybridized carbons (Fsp3) is 0. The topological polar surface area (TPSA) is 18.1 Å². The van der Waals surface area contributed by atoms with Crippen molar-refractivity contribution in [3.05, 3.63) is 102 Å². The Bertz CT molecular complexity index is 1810. The molecule has 3 heteroatoms. The van der Waals surface area contributed by atoms with Crippen LogP contribution in [-0.2, 0) is 0 Å². The molecule has 0 aliphatic carbocycles. The molecule has 0 aliphatic rings. The van der Waals surface area contributed by atoms with Gasteiger partial charge in [0.05, 0.1) is 22.1 Å². The van der Waals surface area contributed by atoms with Crippen molar-refractivity contribution < 1.29 is 4.42 Å². The predicted octanol–water partition coefficient (Wildman–Crippen LogP) is 8.49. The van der Waals surface area contributed by atoms with Crippen molar-refractivity contribution in [3.8, 4) is 5.69 Å². The van der Waals surface area contributed by atoms with Crippen molar-refractivity contribution in [2.75, 3.05) is 0 Å². The number of aromatic nitrogens is 1. The van der Waals surface area contributed by atoms with Gasteiger partial charge in [-0.3, -0.25) is 0 Å². The zero-order valence-electron chi connectivity index (χ0n) is 16.5. The second kappa shape index (κ2) is 6.13. The standard InChI is InChI=1S/C28H16ClNO/c29-19-15-25(28-21-10-4-6-12-26(21)31-27(28)16-19)30-23-11-5-3-9-20(23)22-13-17-7-1-2-8-18(17)14-24(22)30/h1-16H. The molecule has 0 radical (unpaired) electrons. The van der Waals surface area contributed by atoms with Gasteiger partial charge in [0.2, 0.25) is 0 Å². The molecule has 0 spiro atoms. The van der Waals surface area contributed by atoms with Gasteiger partial charge < -0.3 is 8.98 Å². The smallest absolute Gasteiger partial charge is 0.139 e. The highest BCUT2D eigenvalue weighted by molar-refractivity contribution is 6.32. The quantitative estimate of drug-likeness (QED) is 0.262. The van der Waals surface area contributed by atoms with E-state index >= 15 is 0 Å². The van der Waals surface area contributed by atoms with Crippen molar-refractivity contribution >= 4 is 66.1 Å². The molecule has 0 amide bonds. The van der Waals surface area contributed by atoms with Gasteiger partial charge in [-0.15, -0.1) is 0 Å². The van der Waals surface area contributed by atoms with Crippen LogP contribution < -0.4 is 0 Å². The number of benzene rings is 5. The highest BCUT2D eigenvalue weighted by atomic mass is 35.5. The summed E-state index contributed by atoms with van der Waals surface area (Å²) in [4.78, 5) is 0. The lowest BCUT2D eigenvalue weighted by Crippen LogP contribution is -1.95. The molecule has 146 valence electrons. The van der Waals surface area contributed by atoms with Crippen LogP contribution in [0.3, 0.4) is 0 Å². The number of halogens is 1. The van der Waals surface area contributed by atoms with E-state index in [0.29, 0.717) is 5.02 Å².